The molecule has 2 aliphatic rings. The molecule has 0 bridgehead atoms. The van der Waals surface area contributed by atoms with Crippen LogP contribution in [0.15, 0.2) is 0 Å². The number of carbonyl (C=O) groups excluding carboxylic acids is 2. The summed E-state index contributed by atoms with van der Waals surface area (Å²) < 4.78 is 31.2. The van der Waals surface area contributed by atoms with E-state index in [2.05, 4.69) is 4.74 Å². The van der Waals surface area contributed by atoms with Gasteiger partial charge in [0.2, 0.25) is 15.9 Å². The van der Waals surface area contributed by atoms with Gasteiger partial charge in [-0.1, -0.05) is 6.42 Å². The molecule has 2 N–H and O–H groups in total. The molecule has 1 aliphatic heterocycles. The van der Waals surface area contributed by atoms with Crippen LogP contribution in [0.3, 0.4) is 0 Å². The number of nitrogens with two attached hydrogens (primary N) is 1. The Labute approximate surface area is 118 Å². The Morgan fingerprint density at radius 2 is 1.90 bits per heavy atom. The number of nitrogens with zero attached hydrogens (tertiary/aromatic N) is 1. The minimum atomic E-state index is -3.71. The standard InChI is InChI=1S/C12H20N2O5S/c1-19-12(16)8-4-2-6-10(8)20(17,18)14-7-3-5-9(14)11(13)15/h8-10H,2-7H2,1H3,(H2,13,15). The molecule has 1 saturated carbocycles. The number of primary amides is 1. The number of rotatable bonds is 4. The number of ether oxygens (including phenoxy) is 1. The summed E-state index contributed by atoms with van der Waals surface area (Å²) in [6, 6.07) is -0.779. The summed E-state index contributed by atoms with van der Waals surface area (Å²) in [6.45, 7) is 0.292. The van der Waals surface area contributed by atoms with Crippen molar-refractivity contribution in [3.63, 3.8) is 0 Å². The normalized spacial score (nSPS) is 31.4. The first-order chi connectivity index (χ1) is 9.39. The van der Waals surface area contributed by atoms with Gasteiger partial charge in [0.15, 0.2) is 0 Å². The maximum atomic E-state index is 12.7. The molecule has 7 nitrogen and oxygen atoms in total. The van der Waals surface area contributed by atoms with E-state index in [0.717, 1.165) is 0 Å². The molecule has 20 heavy (non-hydrogen) atoms. The minimum Gasteiger partial charge on any atom is -0.469 e. The molecule has 1 saturated heterocycles. The second-order valence-electron chi connectivity index (χ2n) is 5.32. The van der Waals surface area contributed by atoms with Crippen LogP contribution in [-0.4, -0.2) is 49.5 Å². The molecule has 114 valence electrons. The van der Waals surface area contributed by atoms with Crippen LogP contribution in [0, 0.1) is 5.92 Å². The molecular weight excluding hydrogens is 284 g/mol. The van der Waals surface area contributed by atoms with E-state index in [9.17, 15) is 18.0 Å². The second kappa shape index (κ2) is 5.69. The average Bonchev–Trinajstić information content (AvgIpc) is 3.06. The van der Waals surface area contributed by atoms with Gasteiger partial charge in [-0.15, -0.1) is 0 Å². The van der Waals surface area contributed by atoms with Crippen LogP contribution in [0.5, 0.6) is 0 Å². The van der Waals surface area contributed by atoms with Crippen molar-refractivity contribution in [3.8, 4) is 0 Å². The Balaban J connectivity index is 2.25. The lowest BCUT2D eigenvalue weighted by Crippen LogP contribution is -2.48. The van der Waals surface area contributed by atoms with Crippen molar-refractivity contribution in [1.82, 2.24) is 4.31 Å². The molecule has 8 heteroatoms. The van der Waals surface area contributed by atoms with E-state index in [-0.39, 0.29) is 0 Å². The lowest BCUT2D eigenvalue weighted by atomic mass is 10.1. The quantitative estimate of drug-likeness (QED) is 0.712. The van der Waals surface area contributed by atoms with Gasteiger partial charge in [-0.05, 0) is 25.7 Å². The summed E-state index contributed by atoms with van der Waals surface area (Å²) in [7, 11) is -2.45. The van der Waals surface area contributed by atoms with Crippen molar-refractivity contribution in [2.45, 2.75) is 43.4 Å². The van der Waals surface area contributed by atoms with Crippen LogP contribution in [0.1, 0.15) is 32.1 Å². The Bertz CT molecular complexity index is 504. The fourth-order valence-electron chi connectivity index (χ4n) is 3.21. The Kier molecular flexibility index (Phi) is 4.33. The molecule has 1 aliphatic carbocycles. The molecule has 2 rings (SSSR count). The number of esters is 1. The highest BCUT2D eigenvalue weighted by Gasteiger charge is 2.48. The van der Waals surface area contributed by atoms with Crippen LogP contribution >= 0.6 is 0 Å². The number of hydrogen-bond acceptors (Lipinski definition) is 5. The zero-order valence-corrected chi connectivity index (χ0v) is 12.3. The van der Waals surface area contributed by atoms with Crippen molar-refractivity contribution < 1.29 is 22.7 Å². The Morgan fingerprint density at radius 1 is 1.20 bits per heavy atom. The van der Waals surface area contributed by atoms with Crippen molar-refractivity contribution in [1.29, 1.82) is 0 Å². The van der Waals surface area contributed by atoms with Crippen LogP contribution in [0.2, 0.25) is 0 Å². The maximum Gasteiger partial charge on any atom is 0.310 e. The van der Waals surface area contributed by atoms with E-state index in [4.69, 9.17) is 5.73 Å². The summed E-state index contributed by atoms with van der Waals surface area (Å²) in [5.74, 6) is -1.76. The third-order valence-electron chi connectivity index (χ3n) is 4.20. The molecule has 1 amide bonds. The maximum absolute atomic E-state index is 12.7. The highest BCUT2D eigenvalue weighted by molar-refractivity contribution is 7.89. The van der Waals surface area contributed by atoms with Crippen LogP contribution in [0.4, 0.5) is 0 Å². The van der Waals surface area contributed by atoms with Gasteiger partial charge in [0, 0.05) is 6.54 Å². The smallest absolute Gasteiger partial charge is 0.310 e. The van der Waals surface area contributed by atoms with E-state index in [0.29, 0.717) is 38.6 Å². The lowest BCUT2D eigenvalue weighted by molar-refractivity contribution is -0.145. The minimum absolute atomic E-state index is 0.292. The first-order valence-electron chi connectivity index (χ1n) is 6.77. The number of hydrogen-bond donors (Lipinski definition) is 1. The van der Waals surface area contributed by atoms with Crippen LogP contribution in [0.25, 0.3) is 0 Å². The highest BCUT2D eigenvalue weighted by Crippen LogP contribution is 2.36. The molecule has 0 aromatic carbocycles. The zero-order chi connectivity index (χ0) is 14.9. The largest absolute Gasteiger partial charge is 0.469 e. The Hall–Kier alpha value is -1.15. The monoisotopic (exact) mass is 304 g/mol. The SMILES string of the molecule is COC(=O)C1CCCC1S(=O)(=O)N1CCCC1C(N)=O. The van der Waals surface area contributed by atoms with E-state index in [1.165, 1.54) is 11.4 Å². The van der Waals surface area contributed by atoms with Gasteiger partial charge in [-0.2, -0.15) is 4.31 Å². The fraction of sp³-hybridized carbons (Fsp3) is 0.833. The molecule has 0 aromatic heterocycles. The molecule has 0 spiro atoms. The third kappa shape index (κ3) is 2.54. The average molecular weight is 304 g/mol. The molecule has 3 atom stereocenters. The summed E-state index contributed by atoms with van der Waals surface area (Å²) in [6.07, 6.45) is 2.65. The molecule has 1 heterocycles. The van der Waals surface area contributed by atoms with Gasteiger partial charge in [0.1, 0.15) is 6.04 Å². The first-order valence-corrected chi connectivity index (χ1v) is 8.27. The molecule has 2 fully saturated rings. The number of methoxy groups -OCH3 is 1. The van der Waals surface area contributed by atoms with Gasteiger partial charge >= 0.3 is 5.97 Å². The fourth-order valence-corrected chi connectivity index (χ4v) is 5.63. The van der Waals surface area contributed by atoms with Crippen molar-refractivity contribution in [3.05, 3.63) is 0 Å². The first kappa shape index (κ1) is 15.2. The van der Waals surface area contributed by atoms with Crippen LogP contribution in [-0.2, 0) is 24.3 Å². The van der Waals surface area contributed by atoms with Gasteiger partial charge in [0.05, 0.1) is 18.3 Å². The second-order valence-corrected chi connectivity index (χ2v) is 7.42. The molecule has 0 aromatic rings. The van der Waals surface area contributed by atoms with E-state index < -0.39 is 39.1 Å². The summed E-state index contributed by atoms with van der Waals surface area (Å²) in [4.78, 5) is 23.1. The summed E-state index contributed by atoms with van der Waals surface area (Å²) >= 11 is 0. The predicted octanol–water partition coefficient (Wildman–Crippen LogP) is -0.392. The van der Waals surface area contributed by atoms with Crippen molar-refractivity contribution >= 4 is 21.9 Å². The van der Waals surface area contributed by atoms with E-state index in [1.54, 1.807) is 0 Å². The summed E-state index contributed by atoms with van der Waals surface area (Å²) in [5.41, 5.74) is 5.27. The van der Waals surface area contributed by atoms with Gasteiger partial charge in [0.25, 0.3) is 0 Å². The molecule has 3 unspecified atom stereocenters. The van der Waals surface area contributed by atoms with Crippen molar-refractivity contribution in [2.75, 3.05) is 13.7 Å². The lowest BCUT2D eigenvalue weighted by Gasteiger charge is -2.27. The molecular formula is C12H20N2O5S. The topological polar surface area (TPSA) is 107 Å². The summed E-state index contributed by atoms with van der Waals surface area (Å²) in [5, 5.41) is -0.796. The van der Waals surface area contributed by atoms with E-state index in [1.807, 2.05) is 0 Å². The van der Waals surface area contributed by atoms with Crippen LogP contribution < -0.4 is 5.73 Å². The predicted molar refractivity (Wildman–Crippen MR) is 71.0 cm³/mol. The number of amides is 1. The van der Waals surface area contributed by atoms with E-state index >= 15 is 0 Å². The highest BCUT2D eigenvalue weighted by atomic mass is 32.2. The zero-order valence-electron chi connectivity index (χ0n) is 11.4. The molecule has 0 radical (unpaired) electrons. The van der Waals surface area contributed by atoms with Crippen molar-refractivity contribution in [2.24, 2.45) is 11.7 Å². The number of sulfonamides is 1. The third-order valence-corrected chi connectivity index (χ3v) is 6.62. The number of carbonyl (C=O) groups is 2. The van der Waals surface area contributed by atoms with Gasteiger partial charge < -0.3 is 10.5 Å². The van der Waals surface area contributed by atoms with Gasteiger partial charge in [-0.3, -0.25) is 9.59 Å². The van der Waals surface area contributed by atoms with Gasteiger partial charge in [-0.25, -0.2) is 8.42 Å². The Morgan fingerprint density at radius 3 is 2.50 bits per heavy atom.